The standard InChI is InChI=1S/C12H17N3S/c1-9(12-8-16-10(2)14-12)13-7-11-5-4-6-15(11)3/h4-6,8-9,13H,7H2,1-3H3. The average Bonchev–Trinajstić information content (AvgIpc) is 2.84. The van der Waals surface area contributed by atoms with E-state index in [0.29, 0.717) is 6.04 Å². The quantitative estimate of drug-likeness (QED) is 0.883. The van der Waals surface area contributed by atoms with Crippen LogP contribution in [0.15, 0.2) is 23.7 Å². The molecule has 2 rings (SSSR count). The van der Waals surface area contributed by atoms with E-state index < -0.39 is 0 Å². The molecule has 0 saturated heterocycles. The van der Waals surface area contributed by atoms with Gasteiger partial charge in [-0.1, -0.05) is 0 Å². The number of nitrogens with zero attached hydrogens (tertiary/aromatic N) is 2. The fraction of sp³-hybridized carbons (Fsp3) is 0.417. The van der Waals surface area contributed by atoms with Crippen molar-refractivity contribution in [3.63, 3.8) is 0 Å². The molecule has 0 fully saturated rings. The van der Waals surface area contributed by atoms with Crippen LogP contribution >= 0.6 is 11.3 Å². The van der Waals surface area contributed by atoms with Gasteiger partial charge >= 0.3 is 0 Å². The minimum atomic E-state index is 0.305. The van der Waals surface area contributed by atoms with Gasteiger partial charge < -0.3 is 9.88 Å². The van der Waals surface area contributed by atoms with Gasteiger partial charge in [-0.3, -0.25) is 0 Å². The summed E-state index contributed by atoms with van der Waals surface area (Å²) in [4.78, 5) is 4.48. The van der Waals surface area contributed by atoms with Crippen molar-refractivity contribution in [2.45, 2.75) is 26.4 Å². The molecule has 2 heterocycles. The van der Waals surface area contributed by atoms with Crippen LogP contribution in [0.3, 0.4) is 0 Å². The Hall–Kier alpha value is -1.13. The average molecular weight is 235 g/mol. The molecule has 0 aliphatic rings. The summed E-state index contributed by atoms with van der Waals surface area (Å²) in [5.41, 5.74) is 2.43. The number of nitrogens with one attached hydrogen (secondary N) is 1. The van der Waals surface area contributed by atoms with E-state index >= 15 is 0 Å². The summed E-state index contributed by atoms with van der Waals surface area (Å²) >= 11 is 1.70. The van der Waals surface area contributed by atoms with E-state index in [2.05, 4.69) is 52.5 Å². The van der Waals surface area contributed by atoms with Crippen LogP contribution in [0, 0.1) is 6.92 Å². The van der Waals surface area contributed by atoms with Crippen molar-refractivity contribution in [1.29, 1.82) is 0 Å². The fourth-order valence-corrected chi connectivity index (χ4v) is 2.33. The molecule has 1 atom stereocenters. The van der Waals surface area contributed by atoms with Gasteiger partial charge in [0, 0.05) is 36.9 Å². The molecule has 1 N–H and O–H groups in total. The van der Waals surface area contributed by atoms with Gasteiger partial charge in [-0.2, -0.15) is 0 Å². The maximum Gasteiger partial charge on any atom is 0.0898 e. The van der Waals surface area contributed by atoms with Gasteiger partial charge in [0.25, 0.3) is 0 Å². The predicted molar refractivity (Wildman–Crippen MR) is 67.5 cm³/mol. The Labute approximate surface area is 100 Å². The number of hydrogen-bond acceptors (Lipinski definition) is 3. The maximum atomic E-state index is 4.48. The zero-order valence-corrected chi connectivity index (χ0v) is 10.7. The lowest BCUT2D eigenvalue weighted by Gasteiger charge is -2.11. The molecule has 0 aliphatic carbocycles. The van der Waals surface area contributed by atoms with Crippen LogP contribution in [0.4, 0.5) is 0 Å². The lowest BCUT2D eigenvalue weighted by Crippen LogP contribution is -2.19. The van der Waals surface area contributed by atoms with E-state index in [1.807, 2.05) is 6.92 Å². The first kappa shape index (κ1) is 11.4. The third-order valence-corrected chi connectivity index (χ3v) is 3.51. The molecule has 86 valence electrons. The van der Waals surface area contributed by atoms with Gasteiger partial charge in [0.1, 0.15) is 0 Å². The Morgan fingerprint density at radius 2 is 2.38 bits per heavy atom. The van der Waals surface area contributed by atoms with E-state index in [1.54, 1.807) is 11.3 Å². The van der Waals surface area contributed by atoms with Gasteiger partial charge in [-0.25, -0.2) is 4.98 Å². The summed E-state index contributed by atoms with van der Waals surface area (Å²) in [6.07, 6.45) is 2.06. The number of rotatable bonds is 4. The molecule has 0 saturated carbocycles. The zero-order chi connectivity index (χ0) is 11.5. The number of aromatic nitrogens is 2. The van der Waals surface area contributed by atoms with E-state index in [1.165, 1.54) is 5.69 Å². The zero-order valence-electron chi connectivity index (χ0n) is 9.90. The molecule has 0 bridgehead atoms. The Morgan fingerprint density at radius 3 is 2.94 bits per heavy atom. The molecular weight excluding hydrogens is 218 g/mol. The molecule has 2 aromatic heterocycles. The first-order chi connectivity index (χ1) is 7.66. The smallest absolute Gasteiger partial charge is 0.0898 e. The van der Waals surface area contributed by atoms with Gasteiger partial charge in [0.05, 0.1) is 10.7 Å². The van der Waals surface area contributed by atoms with Crippen molar-refractivity contribution in [3.05, 3.63) is 40.1 Å². The lowest BCUT2D eigenvalue weighted by atomic mass is 10.2. The highest BCUT2D eigenvalue weighted by atomic mass is 32.1. The summed E-state index contributed by atoms with van der Waals surface area (Å²) in [5.74, 6) is 0. The Balaban J connectivity index is 1.93. The minimum absolute atomic E-state index is 0.305. The maximum absolute atomic E-state index is 4.48. The Morgan fingerprint density at radius 1 is 1.56 bits per heavy atom. The number of thiazole rings is 1. The first-order valence-corrected chi connectivity index (χ1v) is 6.30. The van der Waals surface area contributed by atoms with Crippen molar-refractivity contribution in [2.24, 2.45) is 7.05 Å². The summed E-state index contributed by atoms with van der Waals surface area (Å²) in [6.45, 7) is 5.07. The van der Waals surface area contributed by atoms with E-state index in [4.69, 9.17) is 0 Å². The third kappa shape index (κ3) is 2.51. The normalized spacial score (nSPS) is 12.9. The highest BCUT2D eigenvalue weighted by Gasteiger charge is 2.08. The van der Waals surface area contributed by atoms with Crippen molar-refractivity contribution in [3.8, 4) is 0 Å². The first-order valence-electron chi connectivity index (χ1n) is 5.42. The molecule has 0 aromatic carbocycles. The molecule has 0 amide bonds. The summed E-state index contributed by atoms with van der Waals surface area (Å²) in [7, 11) is 2.06. The van der Waals surface area contributed by atoms with Gasteiger partial charge in [-0.05, 0) is 26.0 Å². The molecule has 16 heavy (non-hydrogen) atoms. The molecule has 3 nitrogen and oxygen atoms in total. The highest BCUT2D eigenvalue weighted by molar-refractivity contribution is 7.09. The van der Waals surface area contributed by atoms with E-state index in [0.717, 1.165) is 17.2 Å². The third-order valence-electron chi connectivity index (χ3n) is 2.72. The van der Waals surface area contributed by atoms with Crippen LogP contribution in [0.2, 0.25) is 0 Å². The van der Waals surface area contributed by atoms with Crippen LogP contribution in [0.5, 0.6) is 0 Å². The monoisotopic (exact) mass is 235 g/mol. The summed E-state index contributed by atoms with van der Waals surface area (Å²) in [5, 5.41) is 6.73. The van der Waals surface area contributed by atoms with Crippen molar-refractivity contribution >= 4 is 11.3 Å². The SMILES string of the molecule is Cc1nc(C(C)NCc2cccn2C)cs1. The van der Waals surface area contributed by atoms with Crippen LogP contribution in [-0.4, -0.2) is 9.55 Å². The van der Waals surface area contributed by atoms with Gasteiger partial charge in [0.2, 0.25) is 0 Å². The summed E-state index contributed by atoms with van der Waals surface area (Å²) in [6, 6.07) is 4.50. The minimum Gasteiger partial charge on any atom is -0.353 e. The second kappa shape index (κ2) is 4.80. The summed E-state index contributed by atoms with van der Waals surface area (Å²) < 4.78 is 2.13. The molecule has 2 aromatic rings. The number of aryl methyl sites for hydroxylation is 2. The van der Waals surface area contributed by atoms with Gasteiger partial charge in [0.15, 0.2) is 0 Å². The Kier molecular flexibility index (Phi) is 3.41. The fourth-order valence-electron chi connectivity index (χ4n) is 1.62. The lowest BCUT2D eigenvalue weighted by molar-refractivity contribution is 0.548. The molecule has 0 spiro atoms. The largest absolute Gasteiger partial charge is 0.353 e. The van der Waals surface area contributed by atoms with Gasteiger partial charge in [-0.15, -0.1) is 11.3 Å². The molecular formula is C12H17N3S. The van der Waals surface area contributed by atoms with Crippen molar-refractivity contribution < 1.29 is 0 Å². The molecule has 4 heteroatoms. The highest BCUT2D eigenvalue weighted by Crippen LogP contribution is 2.16. The van der Waals surface area contributed by atoms with Crippen molar-refractivity contribution in [1.82, 2.24) is 14.9 Å². The van der Waals surface area contributed by atoms with E-state index in [9.17, 15) is 0 Å². The molecule has 0 aliphatic heterocycles. The van der Waals surface area contributed by atoms with E-state index in [-0.39, 0.29) is 0 Å². The second-order valence-electron chi connectivity index (χ2n) is 4.00. The van der Waals surface area contributed by atoms with Crippen LogP contribution in [-0.2, 0) is 13.6 Å². The topological polar surface area (TPSA) is 29.9 Å². The van der Waals surface area contributed by atoms with Crippen LogP contribution < -0.4 is 5.32 Å². The molecule has 0 radical (unpaired) electrons. The predicted octanol–water partition coefficient (Wildman–Crippen LogP) is 2.64. The molecule has 1 unspecified atom stereocenters. The number of hydrogen-bond donors (Lipinski definition) is 1. The van der Waals surface area contributed by atoms with Crippen LogP contribution in [0.1, 0.15) is 29.4 Å². The Bertz CT molecular complexity index is 458. The van der Waals surface area contributed by atoms with Crippen molar-refractivity contribution in [2.75, 3.05) is 0 Å². The van der Waals surface area contributed by atoms with Crippen LogP contribution in [0.25, 0.3) is 0 Å². The second-order valence-corrected chi connectivity index (χ2v) is 5.07.